The molecule has 0 bridgehead atoms. The third-order valence-electron chi connectivity index (χ3n) is 2.60. The molecule has 1 saturated carbocycles. The Hall–Kier alpha value is -1.28. The summed E-state index contributed by atoms with van der Waals surface area (Å²) in [7, 11) is 0. The van der Waals surface area contributed by atoms with Crippen LogP contribution in [0.3, 0.4) is 0 Å². The molecule has 1 fully saturated rings. The van der Waals surface area contributed by atoms with Crippen LogP contribution in [0.1, 0.15) is 0 Å². The average Bonchev–Trinajstić information content (AvgIpc) is 2.24. The van der Waals surface area contributed by atoms with Crippen LogP contribution in [0, 0.1) is 11.3 Å². The summed E-state index contributed by atoms with van der Waals surface area (Å²) in [5.74, 6) is -35.7. The summed E-state index contributed by atoms with van der Waals surface area (Å²) in [5.41, 5.74) is -6.51. The maximum atomic E-state index is 13.0. The van der Waals surface area contributed by atoms with Gasteiger partial charge < -0.3 is 0 Å². The van der Waals surface area contributed by atoms with E-state index >= 15 is 0 Å². The summed E-state index contributed by atoms with van der Waals surface area (Å²) in [6.45, 7) is 0. The molecule has 0 aliphatic heterocycles. The van der Waals surface area contributed by atoms with E-state index in [1.807, 2.05) is 0 Å². The van der Waals surface area contributed by atoms with Crippen LogP contribution in [0.25, 0.3) is 0 Å². The molecule has 0 unspecified atom stereocenters. The monoisotopic (exact) mass is 307 g/mol. The van der Waals surface area contributed by atoms with Crippen molar-refractivity contribution in [1.82, 2.24) is 0 Å². The van der Waals surface area contributed by atoms with Gasteiger partial charge in [0.25, 0.3) is 0 Å². The molecule has 1 nitrogen and oxygen atoms in total. The molecule has 0 spiro atoms. The van der Waals surface area contributed by atoms with Gasteiger partial charge in [-0.3, -0.25) is 0 Å². The van der Waals surface area contributed by atoms with Gasteiger partial charge in [0.15, 0.2) is 0 Å². The van der Waals surface area contributed by atoms with Crippen LogP contribution >= 0.6 is 0 Å². The van der Waals surface area contributed by atoms with Gasteiger partial charge in [0.1, 0.15) is 6.07 Å². The van der Waals surface area contributed by atoms with Crippen LogP contribution in [0.4, 0.5) is 48.3 Å². The molecule has 0 atom stereocenters. The first-order chi connectivity index (χ1) is 8.06. The summed E-state index contributed by atoms with van der Waals surface area (Å²) in [6, 6.07) is -0.750. The first-order valence-electron chi connectivity index (χ1n) is 4.05. The maximum Gasteiger partial charge on any atom is 0.384 e. The van der Waals surface area contributed by atoms with Crippen LogP contribution in [0.5, 0.6) is 0 Å². The summed E-state index contributed by atoms with van der Waals surface area (Å²) < 4.78 is 139. The molecular formula is C7F11N. The summed E-state index contributed by atoms with van der Waals surface area (Å²) in [5, 5.41) is 7.76. The van der Waals surface area contributed by atoms with E-state index in [4.69, 9.17) is 5.26 Å². The van der Waals surface area contributed by atoms with Gasteiger partial charge in [-0.2, -0.15) is 49.2 Å². The Labute approximate surface area is 96.1 Å². The minimum atomic E-state index is -7.26. The molecule has 1 aliphatic rings. The van der Waals surface area contributed by atoms with E-state index in [0.717, 1.165) is 0 Å². The van der Waals surface area contributed by atoms with Crippen molar-refractivity contribution in [2.24, 2.45) is 0 Å². The molecule has 12 heteroatoms. The Balaban J connectivity index is 3.83. The number of alkyl halides is 11. The number of halogens is 11. The second-order valence-electron chi connectivity index (χ2n) is 3.64. The van der Waals surface area contributed by atoms with E-state index in [-0.39, 0.29) is 0 Å². The maximum absolute atomic E-state index is 13.0. The standard InChI is InChI=1S/C7F11N/c8-2(1-19)3(9,10)5(13,14)7(17,18)6(15,16)4(2,11)12. The topological polar surface area (TPSA) is 23.8 Å². The van der Waals surface area contributed by atoms with E-state index in [9.17, 15) is 48.3 Å². The minimum Gasteiger partial charge on any atom is -0.213 e. The molecule has 0 aromatic heterocycles. The van der Waals surface area contributed by atoms with Crippen LogP contribution in [0.15, 0.2) is 0 Å². The van der Waals surface area contributed by atoms with Crippen molar-refractivity contribution in [1.29, 1.82) is 5.26 Å². The minimum absolute atomic E-state index is 0.750. The second kappa shape index (κ2) is 3.24. The van der Waals surface area contributed by atoms with Gasteiger partial charge in [-0.1, -0.05) is 0 Å². The molecule has 0 radical (unpaired) electrons. The Morgan fingerprint density at radius 3 is 0.895 bits per heavy atom. The Morgan fingerprint density at radius 2 is 0.684 bits per heavy atom. The molecule has 0 aromatic carbocycles. The molecule has 0 amide bonds. The van der Waals surface area contributed by atoms with Crippen LogP contribution in [0.2, 0.25) is 0 Å². The third-order valence-corrected chi connectivity index (χ3v) is 2.60. The average molecular weight is 307 g/mol. The molecule has 0 aromatic rings. The highest BCUT2D eigenvalue weighted by atomic mass is 19.4. The van der Waals surface area contributed by atoms with Gasteiger partial charge in [-0.25, -0.2) is 4.39 Å². The van der Waals surface area contributed by atoms with E-state index in [2.05, 4.69) is 0 Å². The van der Waals surface area contributed by atoms with Gasteiger partial charge in [-0.05, 0) is 0 Å². The van der Waals surface area contributed by atoms with E-state index < -0.39 is 41.4 Å². The highest BCUT2D eigenvalue weighted by molar-refractivity contribution is 5.33. The van der Waals surface area contributed by atoms with Crippen LogP contribution in [-0.2, 0) is 0 Å². The fourth-order valence-corrected chi connectivity index (χ4v) is 1.36. The van der Waals surface area contributed by atoms with Crippen molar-refractivity contribution >= 4 is 0 Å². The van der Waals surface area contributed by atoms with E-state index in [1.165, 1.54) is 0 Å². The lowest BCUT2D eigenvalue weighted by atomic mass is 9.73. The van der Waals surface area contributed by atoms with Crippen molar-refractivity contribution in [3.05, 3.63) is 0 Å². The second-order valence-corrected chi connectivity index (χ2v) is 3.64. The number of hydrogen-bond donors (Lipinski definition) is 0. The smallest absolute Gasteiger partial charge is 0.213 e. The van der Waals surface area contributed by atoms with E-state index in [0.29, 0.717) is 0 Å². The molecule has 1 aliphatic carbocycles. The van der Waals surface area contributed by atoms with Crippen molar-refractivity contribution in [3.63, 3.8) is 0 Å². The number of nitrogens with zero attached hydrogens (tertiary/aromatic N) is 1. The fourth-order valence-electron chi connectivity index (χ4n) is 1.36. The van der Waals surface area contributed by atoms with Crippen LogP contribution < -0.4 is 0 Å². The first-order valence-corrected chi connectivity index (χ1v) is 4.05. The van der Waals surface area contributed by atoms with Crippen molar-refractivity contribution in [2.75, 3.05) is 0 Å². The predicted octanol–water partition coefficient (Wildman–Crippen LogP) is 3.41. The molecule has 19 heavy (non-hydrogen) atoms. The van der Waals surface area contributed by atoms with Gasteiger partial charge in [-0.15, -0.1) is 0 Å². The number of hydrogen-bond acceptors (Lipinski definition) is 1. The zero-order valence-corrected chi connectivity index (χ0v) is 8.10. The molecule has 110 valence electrons. The predicted molar refractivity (Wildman–Crippen MR) is 34.2 cm³/mol. The zero-order valence-electron chi connectivity index (χ0n) is 8.10. The lowest BCUT2D eigenvalue weighted by molar-refractivity contribution is -0.475. The Bertz CT molecular complexity index is 414. The number of nitriles is 1. The summed E-state index contributed by atoms with van der Waals surface area (Å²) in [4.78, 5) is 0. The highest BCUT2D eigenvalue weighted by Gasteiger charge is 3.01. The quantitative estimate of drug-likeness (QED) is 0.629. The largest absolute Gasteiger partial charge is 0.384 e. The van der Waals surface area contributed by atoms with E-state index in [1.54, 1.807) is 0 Å². The third kappa shape index (κ3) is 1.17. The molecule has 0 heterocycles. The summed E-state index contributed by atoms with van der Waals surface area (Å²) in [6.07, 6.45) is 0. The van der Waals surface area contributed by atoms with Crippen LogP contribution in [-0.4, -0.2) is 35.3 Å². The fraction of sp³-hybridized carbons (Fsp3) is 0.857. The highest BCUT2D eigenvalue weighted by Crippen LogP contribution is 2.69. The SMILES string of the molecule is N#CC1(F)C(F)(F)C(F)(F)C(F)(F)C(F)(F)C1(F)F. The summed E-state index contributed by atoms with van der Waals surface area (Å²) >= 11 is 0. The van der Waals surface area contributed by atoms with Gasteiger partial charge in [0, 0.05) is 0 Å². The van der Waals surface area contributed by atoms with Crippen molar-refractivity contribution in [3.8, 4) is 6.07 Å². The Morgan fingerprint density at radius 1 is 0.474 bits per heavy atom. The first kappa shape index (κ1) is 15.8. The zero-order chi connectivity index (χ0) is 15.7. The lowest BCUT2D eigenvalue weighted by Gasteiger charge is -2.49. The van der Waals surface area contributed by atoms with Crippen molar-refractivity contribution in [2.45, 2.75) is 35.3 Å². The number of rotatable bonds is 0. The van der Waals surface area contributed by atoms with Gasteiger partial charge in [0.2, 0.25) is 0 Å². The van der Waals surface area contributed by atoms with Crippen molar-refractivity contribution < 1.29 is 48.3 Å². The normalized spacial score (nSPS) is 32.3. The Kier molecular flexibility index (Phi) is 2.69. The molecule has 0 N–H and O–H groups in total. The van der Waals surface area contributed by atoms with Gasteiger partial charge >= 0.3 is 35.3 Å². The van der Waals surface area contributed by atoms with Gasteiger partial charge in [0.05, 0.1) is 0 Å². The molecule has 1 rings (SSSR count). The molecule has 0 saturated heterocycles. The molecular weight excluding hydrogens is 307 g/mol. The lowest BCUT2D eigenvalue weighted by Crippen LogP contribution is -2.83.